The van der Waals surface area contributed by atoms with Gasteiger partial charge in [0.1, 0.15) is 0 Å². The third-order valence-corrected chi connectivity index (χ3v) is 5.46. The van der Waals surface area contributed by atoms with Gasteiger partial charge in [-0.3, -0.25) is 0 Å². The molecule has 4 nitrogen and oxygen atoms in total. The lowest BCUT2D eigenvalue weighted by Crippen LogP contribution is -2.33. The Labute approximate surface area is 115 Å². The summed E-state index contributed by atoms with van der Waals surface area (Å²) < 4.78 is 26.6. The van der Waals surface area contributed by atoms with Crippen LogP contribution in [0.5, 0.6) is 0 Å². The molecule has 0 radical (unpaired) electrons. The van der Waals surface area contributed by atoms with Crippen molar-refractivity contribution in [3.8, 4) is 0 Å². The number of sulfonamides is 1. The van der Waals surface area contributed by atoms with E-state index < -0.39 is 10.0 Å². The highest BCUT2D eigenvalue weighted by atomic mass is 32.2. The topological polar surface area (TPSA) is 63.4 Å². The molecule has 0 aromatic heterocycles. The zero-order valence-electron chi connectivity index (χ0n) is 11.2. The molecule has 1 aromatic rings. The van der Waals surface area contributed by atoms with Crippen molar-refractivity contribution in [2.45, 2.75) is 38.0 Å². The maximum Gasteiger partial charge on any atom is 0.218 e. The van der Waals surface area contributed by atoms with Crippen molar-refractivity contribution in [1.82, 2.24) is 4.31 Å². The predicted molar refractivity (Wildman–Crippen MR) is 77.0 cm³/mol. The van der Waals surface area contributed by atoms with Crippen molar-refractivity contribution in [1.29, 1.82) is 0 Å². The average molecular weight is 282 g/mol. The summed E-state index contributed by atoms with van der Waals surface area (Å²) in [4.78, 5) is 0. The fourth-order valence-corrected chi connectivity index (χ4v) is 4.18. The lowest BCUT2D eigenvalue weighted by atomic mass is 10.1. The maximum absolute atomic E-state index is 12.5. The third kappa shape index (κ3) is 3.78. The van der Waals surface area contributed by atoms with E-state index in [-0.39, 0.29) is 5.75 Å². The molecule has 1 fully saturated rings. The van der Waals surface area contributed by atoms with Crippen LogP contribution >= 0.6 is 0 Å². The van der Waals surface area contributed by atoms with Gasteiger partial charge in [0.2, 0.25) is 10.0 Å². The summed E-state index contributed by atoms with van der Waals surface area (Å²) in [7, 11) is -3.21. The van der Waals surface area contributed by atoms with Crippen LogP contribution < -0.4 is 5.73 Å². The van der Waals surface area contributed by atoms with Crippen LogP contribution in [0, 0.1) is 0 Å². The van der Waals surface area contributed by atoms with E-state index in [4.69, 9.17) is 5.73 Å². The van der Waals surface area contributed by atoms with Crippen LogP contribution in [-0.2, 0) is 22.3 Å². The van der Waals surface area contributed by atoms with Crippen LogP contribution in [0.4, 0.5) is 0 Å². The number of nitrogens with zero attached hydrogens (tertiary/aromatic N) is 1. The quantitative estimate of drug-likeness (QED) is 0.916. The first-order valence-electron chi connectivity index (χ1n) is 6.88. The molecule has 1 saturated heterocycles. The summed E-state index contributed by atoms with van der Waals surface area (Å²) in [6.07, 6.45) is 4.20. The Balaban J connectivity index is 2.15. The lowest BCUT2D eigenvalue weighted by Gasteiger charge is -2.20. The highest BCUT2D eigenvalue weighted by Crippen LogP contribution is 2.18. The minimum Gasteiger partial charge on any atom is -0.326 e. The van der Waals surface area contributed by atoms with Crippen LogP contribution in [0.15, 0.2) is 24.3 Å². The fourth-order valence-electron chi connectivity index (χ4n) is 2.51. The zero-order valence-corrected chi connectivity index (χ0v) is 12.0. The van der Waals surface area contributed by atoms with E-state index in [1.165, 1.54) is 0 Å². The number of hydrogen-bond acceptors (Lipinski definition) is 3. The highest BCUT2D eigenvalue weighted by Gasteiger charge is 2.23. The van der Waals surface area contributed by atoms with Gasteiger partial charge in [0.05, 0.1) is 5.75 Å². The predicted octanol–water partition coefficient (Wildman–Crippen LogP) is 1.85. The Kier molecular flexibility index (Phi) is 4.96. The summed E-state index contributed by atoms with van der Waals surface area (Å²) in [6.45, 7) is 1.70. The first-order chi connectivity index (χ1) is 9.13. The van der Waals surface area contributed by atoms with Crippen molar-refractivity contribution >= 4 is 10.0 Å². The summed E-state index contributed by atoms with van der Waals surface area (Å²) >= 11 is 0. The Morgan fingerprint density at radius 2 is 1.58 bits per heavy atom. The van der Waals surface area contributed by atoms with Crippen molar-refractivity contribution in [2.24, 2.45) is 5.73 Å². The van der Waals surface area contributed by atoms with Crippen molar-refractivity contribution in [2.75, 3.05) is 13.1 Å². The van der Waals surface area contributed by atoms with Gasteiger partial charge in [0.25, 0.3) is 0 Å². The minimum absolute atomic E-state index is 0.0698. The van der Waals surface area contributed by atoms with E-state index >= 15 is 0 Å². The number of nitrogens with two attached hydrogens (primary N) is 1. The van der Waals surface area contributed by atoms with E-state index in [9.17, 15) is 8.42 Å². The second-order valence-electron chi connectivity index (χ2n) is 5.04. The summed E-state index contributed by atoms with van der Waals surface area (Å²) in [5, 5.41) is 0. The molecule has 0 atom stereocenters. The Morgan fingerprint density at radius 3 is 2.16 bits per heavy atom. The van der Waals surface area contributed by atoms with Gasteiger partial charge in [-0.05, 0) is 24.0 Å². The number of hydrogen-bond donors (Lipinski definition) is 1. The molecule has 0 saturated carbocycles. The molecule has 2 N–H and O–H groups in total. The molecule has 0 bridgehead atoms. The molecule has 106 valence electrons. The van der Waals surface area contributed by atoms with Gasteiger partial charge in [0, 0.05) is 19.6 Å². The molecule has 0 spiro atoms. The normalized spacial score (nSPS) is 18.2. The molecule has 0 unspecified atom stereocenters. The Morgan fingerprint density at radius 1 is 1.00 bits per heavy atom. The number of rotatable bonds is 4. The van der Waals surface area contributed by atoms with Crippen LogP contribution in [-0.4, -0.2) is 25.8 Å². The molecule has 5 heteroatoms. The largest absolute Gasteiger partial charge is 0.326 e. The molecular formula is C14H22N2O2S. The first kappa shape index (κ1) is 14.5. The highest BCUT2D eigenvalue weighted by molar-refractivity contribution is 7.88. The molecule has 0 amide bonds. The molecule has 19 heavy (non-hydrogen) atoms. The smallest absolute Gasteiger partial charge is 0.218 e. The van der Waals surface area contributed by atoms with Crippen molar-refractivity contribution in [3.63, 3.8) is 0 Å². The van der Waals surface area contributed by atoms with Crippen molar-refractivity contribution < 1.29 is 8.42 Å². The molecular weight excluding hydrogens is 260 g/mol. The Bertz CT molecular complexity index is 506. The van der Waals surface area contributed by atoms with Crippen molar-refractivity contribution in [3.05, 3.63) is 35.4 Å². The molecule has 1 aliphatic heterocycles. The zero-order chi connectivity index (χ0) is 13.7. The van der Waals surface area contributed by atoms with Crippen LogP contribution in [0.2, 0.25) is 0 Å². The summed E-state index contributed by atoms with van der Waals surface area (Å²) in [5.74, 6) is 0.0698. The van der Waals surface area contributed by atoms with Gasteiger partial charge in [-0.2, -0.15) is 0 Å². The number of benzene rings is 1. The SMILES string of the molecule is NCc1ccccc1CS(=O)(=O)N1CCCCCC1. The van der Waals surface area contributed by atoms with E-state index in [1.807, 2.05) is 24.3 Å². The van der Waals surface area contributed by atoms with Crippen LogP contribution in [0.1, 0.15) is 36.8 Å². The van der Waals surface area contributed by atoms with E-state index in [1.54, 1.807) is 4.31 Å². The third-order valence-electron chi connectivity index (χ3n) is 3.63. The summed E-state index contributed by atoms with van der Waals surface area (Å²) in [5.41, 5.74) is 7.41. The van der Waals surface area contributed by atoms with Gasteiger partial charge in [-0.25, -0.2) is 12.7 Å². The second kappa shape index (κ2) is 6.50. The molecule has 1 aromatic carbocycles. The van der Waals surface area contributed by atoms with Gasteiger partial charge in [0.15, 0.2) is 0 Å². The van der Waals surface area contributed by atoms with Gasteiger partial charge in [-0.15, -0.1) is 0 Å². The molecule has 1 aliphatic rings. The second-order valence-corrected chi connectivity index (χ2v) is 7.01. The first-order valence-corrected chi connectivity index (χ1v) is 8.49. The van der Waals surface area contributed by atoms with E-state index in [0.717, 1.165) is 36.8 Å². The summed E-state index contributed by atoms with van der Waals surface area (Å²) in [6, 6.07) is 7.52. The average Bonchev–Trinajstić information content (AvgIpc) is 2.68. The van der Waals surface area contributed by atoms with E-state index in [2.05, 4.69) is 0 Å². The van der Waals surface area contributed by atoms with Gasteiger partial charge >= 0.3 is 0 Å². The lowest BCUT2D eigenvalue weighted by molar-refractivity contribution is 0.423. The Hall–Kier alpha value is -0.910. The van der Waals surface area contributed by atoms with Gasteiger partial charge < -0.3 is 5.73 Å². The van der Waals surface area contributed by atoms with E-state index in [0.29, 0.717) is 19.6 Å². The molecule has 1 heterocycles. The van der Waals surface area contributed by atoms with Crippen LogP contribution in [0.3, 0.4) is 0 Å². The van der Waals surface area contributed by atoms with Crippen LogP contribution in [0.25, 0.3) is 0 Å². The molecule has 0 aliphatic carbocycles. The van der Waals surface area contributed by atoms with Gasteiger partial charge in [-0.1, -0.05) is 37.1 Å². The molecule has 2 rings (SSSR count). The fraction of sp³-hybridized carbons (Fsp3) is 0.571. The maximum atomic E-state index is 12.5. The standard InChI is InChI=1S/C14H22N2O2S/c15-11-13-7-3-4-8-14(13)12-19(17,18)16-9-5-1-2-6-10-16/h3-4,7-8H,1-2,5-6,9-12,15H2. The minimum atomic E-state index is -3.21. The monoisotopic (exact) mass is 282 g/mol.